The van der Waals surface area contributed by atoms with Gasteiger partial charge in [-0.2, -0.15) is 0 Å². The Labute approximate surface area is 258 Å². The van der Waals surface area contributed by atoms with Crippen LogP contribution in [0.4, 0.5) is 4.79 Å². The first-order valence-corrected chi connectivity index (χ1v) is 15.1. The molecule has 6 aromatic rings. The van der Waals surface area contributed by atoms with Crippen LogP contribution in [0.3, 0.4) is 0 Å². The Morgan fingerprint density at radius 2 is 1.28 bits per heavy atom. The Morgan fingerprint density at radius 3 is 1.84 bits per heavy atom. The highest BCUT2D eigenvalue weighted by atomic mass is 79.9. The van der Waals surface area contributed by atoms with Crippen LogP contribution in [0.15, 0.2) is 84.7 Å². The average molecular weight is 661 g/mol. The molecule has 1 saturated heterocycles. The van der Waals surface area contributed by atoms with E-state index in [9.17, 15) is 19.2 Å². The summed E-state index contributed by atoms with van der Waals surface area (Å²) in [5.74, 6) is 1.47. The second-order valence-corrected chi connectivity index (χ2v) is 9.94. The highest BCUT2D eigenvalue weighted by molar-refractivity contribution is 9.08. The van der Waals surface area contributed by atoms with Crippen molar-refractivity contribution in [3.63, 3.8) is 0 Å². The van der Waals surface area contributed by atoms with Gasteiger partial charge in [-0.3, -0.25) is 24.5 Å². The fourth-order valence-electron chi connectivity index (χ4n) is 3.97. The van der Waals surface area contributed by atoms with E-state index < -0.39 is 0 Å². The van der Waals surface area contributed by atoms with E-state index in [-0.39, 0.29) is 11.1 Å². The summed E-state index contributed by atoms with van der Waals surface area (Å²) in [7, 11) is 0. The normalized spacial score (nSPS) is 13.1. The van der Waals surface area contributed by atoms with Gasteiger partial charge >= 0.3 is 0 Å². The molecule has 1 N–H and O–H groups in total. The number of nitrogens with zero attached hydrogens (tertiary/aromatic N) is 6. The first-order valence-electron chi connectivity index (χ1n) is 12.7. The summed E-state index contributed by atoms with van der Waals surface area (Å²) in [6.07, 6.45) is 15.8. The molecule has 1 aliphatic heterocycles. The number of aryl methyl sites for hydroxylation is 2. The fourth-order valence-corrected chi connectivity index (χ4v) is 4.65. The molecular formula is C30H26BrN7O4S. The van der Waals surface area contributed by atoms with E-state index in [2.05, 4.69) is 36.2 Å². The molecule has 11 nitrogen and oxygen atoms in total. The summed E-state index contributed by atoms with van der Waals surface area (Å²) in [5, 5.41) is 1.90. The molecule has 7 heterocycles. The lowest BCUT2D eigenvalue weighted by Gasteiger charge is -1.99. The maximum atomic E-state index is 11.4. The molecule has 0 aliphatic carbocycles. The zero-order valence-corrected chi connectivity index (χ0v) is 25.7. The van der Waals surface area contributed by atoms with Crippen molar-refractivity contribution in [1.82, 2.24) is 33.5 Å². The highest BCUT2D eigenvalue weighted by Crippen LogP contribution is 2.25. The predicted octanol–water partition coefficient (Wildman–Crippen LogP) is 5.58. The molecule has 6 aromatic heterocycles. The summed E-state index contributed by atoms with van der Waals surface area (Å²) in [4.78, 5) is 56.1. The molecule has 218 valence electrons. The van der Waals surface area contributed by atoms with Crippen LogP contribution in [0.1, 0.15) is 37.7 Å². The zero-order chi connectivity index (χ0) is 30.9. The monoisotopic (exact) mass is 659 g/mol. The van der Waals surface area contributed by atoms with E-state index in [4.69, 9.17) is 0 Å². The largest absolute Gasteiger partial charge is 0.306 e. The number of aldehydes is 2. The fraction of sp³-hybridized carbons (Fsp3) is 0.100. The van der Waals surface area contributed by atoms with Gasteiger partial charge in [0.05, 0.1) is 4.91 Å². The van der Waals surface area contributed by atoms with Crippen LogP contribution in [0, 0.1) is 13.8 Å². The zero-order valence-electron chi connectivity index (χ0n) is 23.3. The molecule has 0 aromatic carbocycles. The lowest BCUT2D eigenvalue weighted by atomic mass is 10.2. The number of rotatable bonds is 3. The molecule has 1 aliphatic rings. The molecular weight excluding hydrogens is 634 g/mol. The van der Waals surface area contributed by atoms with Gasteiger partial charge in [0.2, 0.25) is 0 Å². The summed E-state index contributed by atoms with van der Waals surface area (Å²) >= 11 is 3.85. The summed E-state index contributed by atoms with van der Waals surface area (Å²) in [6.45, 7) is 3.91. The van der Waals surface area contributed by atoms with Gasteiger partial charge in [0.25, 0.3) is 11.1 Å². The van der Waals surface area contributed by atoms with Crippen molar-refractivity contribution in [1.29, 1.82) is 0 Å². The second kappa shape index (κ2) is 14.3. The third kappa shape index (κ3) is 7.50. The number of amides is 2. The lowest BCUT2D eigenvalue weighted by Crippen LogP contribution is -2.17. The number of carbonyl (C=O) groups excluding carboxylic acids is 4. The number of carbonyl (C=O) groups is 4. The minimum atomic E-state index is -0.340. The quantitative estimate of drug-likeness (QED) is 0.148. The number of fused-ring (bicyclic) bond motifs is 3. The first kappa shape index (κ1) is 31.1. The van der Waals surface area contributed by atoms with E-state index in [1.165, 1.54) is 0 Å². The second-order valence-electron chi connectivity index (χ2n) is 8.92. The van der Waals surface area contributed by atoms with E-state index in [0.717, 1.165) is 58.2 Å². The molecule has 0 saturated carbocycles. The van der Waals surface area contributed by atoms with Gasteiger partial charge in [0.1, 0.15) is 16.9 Å². The number of aromatic nitrogens is 6. The molecule has 0 radical (unpaired) electrons. The van der Waals surface area contributed by atoms with Crippen molar-refractivity contribution in [3.05, 3.63) is 113 Å². The summed E-state index contributed by atoms with van der Waals surface area (Å²) in [6, 6.07) is 10.9. The van der Waals surface area contributed by atoms with Gasteiger partial charge in [0.15, 0.2) is 12.6 Å². The maximum Gasteiger partial charge on any atom is 0.290 e. The van der Waals surface area contributed by atoms with Crippen molar-refractivity contribution < 1.29 is 19.2 Å². The molecule has 1 fully saturated rings. The van der Waals surface area contributed by atoms with Crippen LogP contribution >= 0.6 is 27.7 Å². The van der Waals surface area contributed by atoms with Gasteiger partial charge in [-0.25, -0.2) is 15.0 Å². The van der Waals surface area contributed by atoms with Gasteiger partial charge < -0.3 is 13.2 Å². The number of hydrogen-bond acceptors (Lipinski definition) is 8. The Morgan fingerprint density at radius 1 is 0.744 bits per heavy atom. The van der Waals surface area contributed by atoms with Crippen molar-refractivity contribution in [2.45, 2.75) is 13.8 Å². The number of hydrogen-bond donors (Lipinski definition) is 1. The first-order chi connectivity index (χ1) is 20.8. The van der Waals surface area contributed by atoms with Crippen molar-refractivity contribution >= 4 is 74.4 Å². The van der Waals surface area contributed by atoms with Crippen LogP contribution in [0.5, 0.6) is 0 Å². The SMILES string of the molecule is CBr.Cc1cnc2ccc(/C=C3\SC(=O)NC3=O)cn12.Cc1cnc2ccc(C=O)cn12.O=Cc1ccc2nccn2c1. The van der Waals surface area contributed by atoms with Crippen molar-refractivity contribution in [3.8, 4) is 0 Å². The minimum absolute atomic E-state index is 0.328. The van der Waals surface area contributed by atoms with E-state index in [1.807, 2.05) is 69.5 Å². The van der Waals surface area contributed by atoms with Crippen LogP contribution in [0.2, 0.25) is 0 Å². The molecule has 0 atom stereocenters. The van der Waals surface area contributed by atoms with Gasteiger partial charge in [-0.15, -0.1) is 0 Å². The van der Waals surface area contributed by atoms with Crippen LogP contribution in [-0.4, -0.2) is 57.7 Å². The van der Waals surface area contributed by atoms with Crippen molar-refractivity contribution in [2.75, 3.05) is 5.83 Å². The van der Waals surface area contributed by atoms with Crippen LogP contribution in [-0.2, 0) is 4.79 Å². The van der Waals surface area contributed by atoms with E-state index >= 15 is 0 Å². The molecule has 7 rings (SSSR count). The number of imidazole rings is 3. The summed E-state index contributed by atoms with van der Waals surface area (Å²) in [5.41, 5.74) is 6.83. The Kier molecular flexibility index (Phi) is 10.4. The molecule has 0 spiro atoms. The highest BCUT2D eigenvalue weighted by Gasteiger charge is 2.24. The Hall–Kier alpha value is -4.88. The van der Waals surface area contributed by atoms with E-state index in [1.54, 1.807) is 49.2 Å². The van der Waals surface area contributed by atoms with Gasteiger partial charge in [-0.05, 0) is 79.5 Å². The molecule has 0 unspecified atom stereocenters. The Bertz CT molecular complexity index is 1980. The Balaban J connectivity index is 0.000000149. The molecule has 13 heteroatoms. The molecule has 43 heavy (non-hydrogen) atoms. The number of pyridine rings is 3. The van der Waals surface area contributed by atoms with Gasteiger partial charge in [-0.1, -0.05) is 15.9 Å². The predicted molar refractivity (Wildman–Crippen MR) is 170 cm³/mol. The number of imide groups is 1. The standard InChI is InChI=1S/C12H9N3O2S.C9H8N2O.C8H6N2O.CH3Br/c1-7-5-13-10-3-2-8(6-15(7)10)4-9-11(16)14-12(17)18-9;1-7-4-10-9-3-2-8(6-12)5-11(7)9;11-6-7-1-2-8-9-3-4-10(8)5-7;1-2/h2-6H,1H3,(H,14,16,17);2-6H,1H3;1-6H;1H3/b9-4-;;;. The maximum absolute atomic E-state index is 11.4. The van der Waals surface area contributed by atoms with Crippen LogP contribution < -0.4 is 5.32 Å². The number of alkyl halides is 1. The third-order valence-corrected chi connectivity index (χ3v) is 6.86. The number of halogens is 1. The summed E-state index contributed by atoms with van der Waals surface area (Å²) < 4.78 is 5.64. The number of thioether (sulfide) groups is 1. The minimum Gasteiger partial charge on any atom is -0.306 e. The van der Waals surface area contributed by atoms with Crippen LogP contribution in [0.25, 0.3) is 23.0 Å². The molecule has 2 amide bonds. The number of nitrogens with one attached hydrogen (secondary N) is 1. The van der Waals surface area contributed by atoms with E-state index in [0.29, 0.717) is 16.0 Å². The van der Waals surface area contributed by atoms with Gasteiger partial charge in [0, 0.05) is 65.9 Å². The average Bonchev–Trinajstić information content (AvgIpc) is 3.82. The smallest absolute Gasteiger partial charge is 0.290 e. The van der Waals surface area contributed by atoms with Crippen molar-refractivity contribution in [2.24, 2.45) is 0 Å². The third-order valence-electron chi connectivity index (χ3n) is 6.05. The lowest BCUT2D eigenvalue weighted by molar-refractivity contribution is -0.115. The molecule has 0 bridgehead atoms. The topological polar surface area (TPSA) is 132 Å².